The van der Waals surface area contributed by atoms with Gasteiger partial charge in [0.2, 0.25) is 6.10 Å². The Morgan fingerprint density at radius 2 is 1.69 bits per heavy atom. The van der Waals surface area contributed by atoms with E-state index in [2.05, 4.69) is 0 Å². The van der Waals surface area contributed by atoms with Crippen LogP contribution in [-0.2, 0) is 9.53 Å². The molecule has 4 rings (SSSR count). The van der Waals surface area contributed by atoms with Crippen LogP contribution in [0, 0.1) is 0 Å². The summed E-state index contributed by atoms with van der Waals surface area (Å²) in [6, 6.07) is 23.0. The Labute approximate surface area is 173 Å². The van der Waals surface area contributed by atoms with Crippen molar-refractivity contribution in [2.75, 3.05) is 12.0 Å². The third-order valence-electron chi connectivity index (χ3n) is 4.81. The second kappa shape index (κ2) is 7.97. The van der Waals surface area contributed by atoms with E-state index in [1.807, 2.05) is 48.5 Å². The van der Waals surface area contributed by atoms with Crippen LogP contribution in [0.5, 0.6) is 5.75 Å². The standard InChI is InChI=1S/C23H18ClNO4/c1-28-23(27)16-12-10-15(11-13-16)20-21(29-19-8-3-2-4-9-19)22(26)25(20)18-7-5-6-17(24)14-18/h2-14,20-21H,1H3. The Morgan fingerprint density at radius 3 is 2.34 bits per heavy atom. The molecule has 1 fully saturated rings. The van der Waals surface area contributed by atoms with Crippen LogP contribution >= 0.6 is 11.6 Å². The molecular weight excluding hydrogens is 390 g/mol. The molecule has 6 heteroatoms. The molecule has 0 saturated carbocycles. The van der Waals surface area contributed by atoms with Crippen LogP contribution in [0.2, 0.25) is 5.02 Å². The molecule has 2 unspecified atom stereocenters. The predicted molar refractivity (Wildman–Crippen MR) is 110 cm³/mol. The number of esters is 1. The number of nitrogens with zero attached hydrogens (tertiary/aromatic N) is 1. The van der Waals surface area contributed by atoms with Gasteiger partial charge < -0.3 is 9.47 Å². The van der Waals surface area contributed by atoms with Gasteiger partial charge in [-0.15, -0.1) is 0 Å². The summed E-state index contributed by atoms with van der Waals surface area (Å²) in [5, 5.41) is 0.544. The first-order valence-electron chi connectivity index (χ1n) is 9.07. The van der Waals surface area contributed by atoms with E-state index in [0.29, 0.717) is 22.0 Å². The van der Waals surface area contributed by atoms with E-state index < -0.39 is 12.1 Å². The predicted octanol–water partition coefficient (Wildman–Crippen LogP) is 4.66. The Bertz CT molecular complexity index is 1040. The summed E-state index contributed by atoms with van der Waals surface area (Å²) >= 11 is 6.13. The first-order valence-corrected chi connectivity index (χ1v) is 9.45. The average Bonchev–Trinajstić information content (AvgIpc) is 2.76. The lowest BCUT2D eigenvalue weighted by Crippen LogP contribution is -2.61. The first kappa shape index (κ1) is 19.0. The minimum atomic E-state index is -0.680. The highest BCUT2D eigenvalue weighted by Crippen LogP contribution is 2.41. The maximum atomic E-state index is 13.0. The van der Waals surface area contributed by atoms with Gasteiger partial charge in [-0.25, -0.2) is 4.79 Å². The summed E-state index contributed by atoms with van der Waals surface area (Å²) in [6.45, 7) is 0. The molecule has 0 bridgehead atoms. The van der Waals surface area contributed by atoms with Crippen LogP contribution in [0.3, 0.4) is 0 Å². The maximum Gasteiger partial charge on any atom is 0.337 e. The smallest absolute Gasteiger partial charge is 0.337 e. The van der Waals surface area contributed by atoms with Crippen LogP contribution < -0.4 is 9.64 Å². The Balaban J connectivity index is 1.68. The van der Waals surface area contributed by atoms with Gasteiger partial charge >= 0.3 is 5.97 Å². The lowest BCUT2D eigenvalue weighted by Gasteiger charge is -2.46. The summed E-state index contributed by atoms with van der Waals surface area (Å²) in [4.78, 5) is 26.4. The fourth-order valence-corrected chi connectivity index (χ4v) is 3.58. The topological polar surface area (TPSA) is 55.8 Å². The monoisotopic (exact) mass is 407 g/mol. The highest BCUT2D eigenvalue weighted by Gasteiger charge is 2.51. The summed E-state index contributed by atoms with van der Waals surface area (Å²) < 4.78 is 10.7. The lowest BCUT2D eigenvalue weighted by atomic mass is 9.89. The summed E-state index contributed by atoms with van der Waals surface area (Å²) in [5.74, 6) is 0.0518. The molecule has 0 aromatic heterocycles. The molecule has 1 aliphatic rings. The molecule has 2 atom stereocenters. The minimum absolute atomic E-state index is 0.154. The molecule has 0 spiro atoms. The normalized spacial score (nSPS) is 18.1. The van der Waals surface area contributed by atoms with Crippen molar-refractivity contribution < 1.29 is 19.1 Å². The number of β-lactam (4-membered cyclic amide) rings is 1. The quantitative estimate of drug-likeness (QED) is 0.456. The molecule has 1 saturated heterocycles. The van der Waals surface area contributed by atoms with Crippen LogP contribution in [-0.4, -0.2) is 25.1 Å². The lowest BCUT2D eigenvalue weighted by molar-refractivity contribution is -0.135. The van der Waals surface area contributed by atoms with Crippen molar-refractivity contribution in [1.82, 2.24) is 0 Å². The van der Waals surface area contributed by atoms with Gasteiger partial charge in [0.15, 0.2) is 0 Å². The van der Waals surface area contributed by atoms with Gasteiger partial charge in [0, 0.05) is 10.7 Å². The molecular formula is C23H18ClNO4. The van der Waals surface area contributed by atoms with Crippen molar-refractivity contribution in [3.8, 4) is 5.75 Å². The Morgan fingerprint density at radius 1 is 0.966 bits per heavy atom. The fourth-order valence-electron chi connectivity index (χ4n) is 3.39. The largest absolute Gasteiger partial charge is 0.478 e. The van der Waals surface area contributed by atoms with Gasteiger partial charge in [-0.2, -0.15) is 0 Å². The SMILES string of the molecule is COC(=O)c1ccc(C2C(Oc3ccccc3)C(=O)N2c2cccc(Cl)c2)cc1. The number of rotatable bonds is 5. The number of benzene rings is 3. The molecule has 1 aliphatic heterocycles. The number of carbonyl (C=O) groups excluding carboxylic acids is 2. The third kappa shape index (κ3) is 3.69. The zero-order chi connectivity index (χ0) is 20.4. The van der Waals surface area contributed by atoms with E-state index in [1.54, 1.807) is 35.2 Å². The first-order chi connectivity index (χ1) is 14.1. The van der Waals surface area contributed by atoms with Crippen molar-refractivity contribution in [3.05, 3.63) is 95.0 Å². The molecule has 0 radical (unpaired) electrons. The maximum absolute atomic E-state index is 13.0. The Kier molecular flexibility index (Phi) is 5.23. The van der Waals surface area contributed by atoms with E-state index in [4.69, 9.17) is 21.1 Å². The number of para-hydroxylation sites is 1. The highest BCUT2D eigenvalue weighted by atomic mass is 35.5. The summed E-state index contributed by atoms with van der Waals surface area (Å²) in [6.07, 6.45) is -0.680. The van der Waals surface area contributed by atoms with Gasteiger partial charge in [0.05, 0.1) is 12.7 Å². The average molecular weight is 408 g/mol. The minimum Gasteiger partial charge on any atom is -0.478 e. The second-order valence-corrected chi connectivity index (χ2v) is 7.03. The fraction of sp³-hybridized carbons (Fsp3) is 0.130. The van der Waals surface area contributed by atoms with E-state index >= 15 is 0 Å². The third-order valence-corrected chi connectivity index (χ3v) is 5.05. The van der Waals surface area contributed by atoms with Crippen molar-refractivity contribution >= 4 is 29.2 Å². The van der Waals surface area contributed by atoms with Gasteiger partial charge in [-0.3, -0.25) is 9.69 Å². The number of ether oxygens (including phenoxy) is 2. The number of methoxy groups -OCH3 is 1. The van der Waals surface area contributed by atoms with Crippen molar-refractivity contribution in [3.63, 3.8) is 0 Å². The Hall–Kier alpha value is -3.31. The number of carbonyl (C=O) groups is 2. The molecule has 0 aliphatic carbocycles. The zero-order valence-corrected chi connectivity index (χ0v) is 16.4. The van der Waals surface area contributed by atoms with Crippen LogP contribution in [0.15, 0.2) is 78.9 Å². The van der Waals surface area contributed by atoms with Crippen molar-refractivity contribution in [2.45, 2.75) is 12.1 Å². The van der Waals surface area contributed by atoms with Gasteiger partial charge in [-0.05, 0) is 48.0 Å². The molecule has 3 aromatic carbocycles. The molecule has 1 amide bonds. The molecule has 3 aromatic rings. The van der Waals surface area contributed by atoms with E-state index in [-0.39, 0.29) is 11.9 Å². The van der Waals surface area contributed by atoms with Gasteiger partial charge in [0.25, 0.3) is 5.91 Å². The number of hydrogen-bond donors (Lipinski definition) is 0. The molecule has 146 valence electrons. The number of amides is 1. The molecule has 0 N–H and O–H groups in total. The van der Waals surface area contributed by atoms with Crippen LogP contribution in [0.1, 0.15) is 22.0 Å². The molecule has 5 nitrogen and oxygen atoms in total. The van der Waals surface area contributed by atoms with Gasteiger partial charge in [-0.1, -0.05) is 48.0 Å². The number of halogens is 1. The highest BCUT2D eigenvalue weighted by molar-refractivity contribution is 6.31. The second-order valence-electron chi connectivity index (χ2n) is 6.60. The molecule has 1 heterocycles. The summed E-state index contributed by atoms with van der Waals surface area (Å²) in [7, 11) is 1.34. The van der Waals surface area contributed by atoms with Crippen LogP contribution in [0.25, 0.3) is 0 Å². The van der Waals surface area contributed by atoms with E-state index in [0.717, 1.165) is 5.56 Å². The summed E-state index contributed by atoms with van der Waals surface area (Å²) in [5.41, 5.74) is 1.98. The molecule has 29 heavy (non-hydrogen) atoms. The number of hydrogen-bond acceptors (Lipinski definition) is 4. The van der Waals surface area contributed by atoms with E-state index in [1.165, 1.54) is 7.11 Å². The zero-order valence-electron chi connectivity index (χ0n) is 15.6. The van der Waals surface area contributed by atoms with Crippen molar-refractivity contribution in [1.29, 1.82) is 0 Å². The number of anilines is 1. The van der Waals surface area contributed by atoms with E-state index in [9.17, 15) is 9.59 Å². The van der Waals surface area contributed by atoms with Crippen LogP contribution in [0.4, 0.5) is 5.69 Å². The van der Waals surface area contributed by atoms with Gasteiger partial charge in [0.1, 0.15) is 11.8 Å². The van der Waals surface area contributed by atoms with Crippen molar-refractivity contribution in [2.24, 2.45) is 0 Å².